The van der Waals surface area contributed by atoms with Crippen molar-refractivity contribution >= 4 is 11.9 Å². The van der Waals surface area contributed by atoms with Crippen LogP contribution < -0.4 is 4.74 Å². The van der Waals surface area contributed by atoms with E-state index in [1.165, 1.54) is 0 Å². The highest BCUT2D eigenvalue weighted by atomic mass is 16.5. The molecular weight excluding hydrogens is 248 g/mol. The fraction of sp³-hybridized carbons (Fsp3) is 0.167. The Kier molecular flexibility index (Phi) is 4.72. The molecule has 0 amide bonds. The van der Waals surface area contributed by atoms with Crippen molar-refractivity contribution in [2.24, 2.45) is 0 Å². The van der Waals surface area contributed by atoms with Crippen LogP contribution in [0.5, 0.6) is 5.75 Å². The number of carbonyl (C=O) groups is 1. The summed E-state index contributed by atoms with van der Waals surface area (Å²) in [6.45, 7) is 3.96. The molecule has 102 valence electrons. The van der Waals surface area contributed by atoms with E-state index < -0.39 is 0 Å². The highest BCUT2D eigenvalue weighted by Gasteiger charge is 2.04. The smallest absolute Gasteiger partial charge is 0.185 e. The molecule has 20 heavy (non-hydrogen) atoms. The van der Waals surface area contributed by atoms with Gasteiger partial charge in [-0.2, -0.15) is 0 Å². The Labute approximate surface area is 119 Å². The SMILES string of the molecule is CC(C)Oc1ccccc1C=CC(=O)c1ccccc1. The van der Waals surface area contributed by atoms with E-state index >= 15 is 0 Å². The zero-order valence-corrected chi connectivity index (χ0v) is 11.7. The van der Waals surface area contributed by atoms with E-state index in [0.717, 1.165) is 11.3 Å². The van der Waals surface area contributed by atoms with Crippen LogP contribution in [0.4, 0.5) is 0 Å². The summed E-state index contributed by atoms with van der Waals surface area (Å²) in [6, 6.07) is 16.9. The maximum atomic E-state index is 12.0. The van der Waals surface area contributed by atoms with E-state index in [2.05, 4.69) is 0 Å². The second kappa shape index (κ2) is 6.71. The monoisotopic (exact) mass is 266 g/mol. The van der Waals surface area contributed by atoms with Gasteiger partial charge in [-0.1, -0.05) is 48.5 Å². The minimum absolute atomic E-state index is 0.00931. The Bertz CT molecular complexity index is 598. The first kappa shape index (κ1) is 14.1. The van der Waals surface area contributed by atoms with Gasteiger partial charge in [-0.3, -0.25) is 4.79 Å². The van der Waals surface area contributed by atoms with Crippen LogP contribution in [-0.4, -0.2) is 11.9 Å². The molecule has 0 saturated heterocycles. The van der Waals surface area contributed by atoms with E-state index in [-0.39, 0.29) is 11.9 Å². The number of hydrogen-bond donors (Lipinski definition) is 0. The number of allylic oxidation sites excluding steroid dienone is 1. The van der Waals surface area contributed by atoms with Crippen molar-refractivity contribution < 1.29 is 9.53 Å². The van der Waals surface area contributed by atoms with Gasteiger partial charge >= 0.3 is 0 Å². The van der Waals surface area contributed by atoms with Crippen molar-refractivity contribution in [1.82, 2.24) is 0 Å². The van der Waals surface area contributed by atoms with Crippen molar-refractivity contribution in [3.05, 3.63) is 71.8 Å². The molecule has 0 bridgehead atoms. The minimum Gasteiger partial charge on any atom is -0.490 e. The van der Waals surface area contributed by atoms with Crippen LogP contribution in [0, 0.1) is 0 Å². The summed E-state index contributed by atoms with van der Waals surface area (Å²) in [7, 11) is 0. The van der Waals surface area contributed by atoms with Crippen molar-refractivity contribution in [2.45, 2.75) is 20.0 Å². The molecule has 0 atom stereocenters. The van der Waals surface area contributed by atoms with Crippen molar-refractivity contribution in [2.75, 3.05) is 0 Å². The van der Waals surface area contributed by atoms with E-state index in [9.17, 15) is 4.79 Å². The zero-order valence-electron chi connectivity index (χ0n) is 11.7. The Morgan fingerprint density at radius 2 is 1.65 bits per heavy atom. The van der Waals surface area contributed by atoms with E-state index in [0.29, 0.717) is 5.56 Å². The Morgan fingerprint density at radius 3 is 2.35 bits per heavy atom. The van der Waals surface area contributed by atoms with Crippen LogP contribution in [0.1, 0.15) is 29.8 Å². The average molecular weight is 266 g/mol. The third-order valence-corrected chi connectivity index (χ3v) is 2.75. The van der Waals surface area contributed by atoms with Gasteiger partial charge < -0.3 is 4.74 Å². The molecule has 0 aliphatic rings. The topological polar surface area (TPSA) is 26.3 Å². The molecule has 2 aromatic carbocycles. The van der Waals surface area contributed by atoms with Crippen LogP contribution in [0.25, 0.3) is 6.08 Å². The molecule has 2 aromatic rings. The molecule has 0 aliphatic carbocycles. The van der Waals surface area contributed by atoms with Crippen LogP contribution >= 0.6 is 0 Å². The molecule has 0 heterocycles. The van der Waals surface area contributed by atoms with Gasteiger partial charge in [0.05, 0.1) is 6.10 Å². The predicted octanol–water partition coefficient (Wildman–Crippen LogP) is 4.37. The summed E-state index contributed by atoms with van der Waals surface area (Å²) in [5.74, 6) is 0.782. The van der Waals surface area contributed by atoms with Crippen LogP contribution in [0.2, 0.25) is 0 Å². The fourth-order valence-corrected chi connectivity index (χ4v) is 1.84. The normalized spacial score (nSPS) is 10.9. The Balaban J connectivity index is 2.17. The standard InChI is InChI=1S/C18H18O2/c1-14(2)20-18-11-7-6-10-16(18)12-13-17(19)15-8-4-3-5-9-15/h3-14H,1-2H3. The zero-order chi connectivity index (χ0) is 14.4. The maximum absolute atomic E-state index is 12.0. The molecular formula is C18H18O2. The van der Waals surface area contributed by atoms with E-state index in [4.69, 9.17) is 4.74 Å². The fourth-order valence-electron chi connectivity index (χ4n) is 1.84. The molecule has 0 spiro atoms. The van der Waals surface area contributed by atoms with Gasteiger partial charge in [0.2, 0.25) is 0 Å². The summed E-state index contributed by atoms with van der Waals surface area (Å²) < 4.78 is 5.72. The lowest BCUT2D eigenvalue weighted by atomic mass is 10.1. The largest absolute Gasteiger partial charge is 0.490 e. The van der Waals surface area contributed by atoms with Gasteiger partial charge in [-0.25, -0.2) is 0 Å². The molecule has 0 fully saturated rings. The Hall–Kier alpha value is -2.35. The van der Waals surface area contributed by atoms with E-state index in [1.54, 1.807) is 12.2 Å². The average Bonchev–Trinajstić information content (AvgIpc) is 2.46. The number of benzene rings is 2. The summed E-state index contributed by atoms with van der Waals surface area (Å²) in [5, 5.41) is 0. The lowest BCUT2D eigenvalue weighted by Crippen LogP contribution is -2.06. The molecule has 0 radical (unpaired) electrons. The first-order chi connectivity index (χ1) is 9.66. The number of para-hydroxylation sites is 1. The second-order valence-electron chi connectivity index (χ2n) is 4.77. The van der Waals surface area contributed by atoms with Gasteiger partial charge in [-0.15, -0.1) is 0 Å². The highest BCUT2D eigenvalue weighted by molar-refractivity contribution is 6.06. The molecule has 0 saturated carbocycles. The molecule has 2 heteroatoms. The van der Waals surface area contributed by atoms with Gasteiger partial charge in [0, 0.05) is 11.1 Å². The molecule has 2 rings (SSSR count). The van der Waals surface area contributed by atoms with Crippen LogP contribution in [0.3, 0.4) is 0 Å². The lowest BCUT2D eigenvalue weighted by Gasteiger charge is -2.11. The van der Waals surface area contributed by atoms with Crippen molar-refractivity contribution in [1.29, 1.82) is 0 Å². The maximum Gasteiger partial charge on any atom is 0.185 e. The number of rotatable bonds is 5. The third kappa shape index (κ3) is 3.82. The summed E-state index contributed by atoms with van der Waals surface area (Å²) >= 11 is 0. The summed E-state index contributed by atoms with van der Waals surface area (Å²) in [4.78, 5) is 12.0. The van der Waals surface area contributed by atoms with Crippen LogP contribution in [-0.2, 0) is 0 Å². The second-order valence-corrected chi connectivity index (χ2v) is 4.77. The summed E-state index contributed by atoms with van der Waals surface area (Å²) in [5.41, 5.74) is 1.59. The van der Waals surface area contributed by atoms with Crippen LogP contribution in [0.15, 0.2) is 60.7 Å². The first-order valence-corrected chi connectivity index (χ1v) is 6.70. The highest BCUT2D eigenvalue weighted by Crippen LogP contribution is 2.21. The van der Waals surface area contributed by atoms with Crippen molar-refractivity contribution in [3.8, 4) is 5.75 Å². The minimum atomic E-state index is -0.00931. The third-order valence-electron chi connectivity index (χ3n) is 2.75. The lowest BCUT2D eigenvalue weighted by molar-refractivity contribution is 0.104. The number of carbonyl (C=O) groups excluding carboxylic acids is 1. The quantitative estimate of drug-likeness (QED) is 0.593. The molecule has 0 unspecified atom stereocenters. The van der Waals surface area contributed by atoms with Gasteiger partial charge in [0.15, 0.2) is 5.78 Å². The van der Waals surface area contributed by atoms with Gasteiger partial charge in [0.25, 0.3) is 0 Å². The molecule has 2 nitrogen and oxygen atoms in total. The van der Waals surface area contributed by atoms with Crippen molar-refractivity contribution in [3.63, 3.8) is 0 Å². The number of ketones is 1. The molecule has 0 N–H and O–H groups in total. The summed E-state index contributed by atoms with van der Waals surface area (Å²) in [6.07, 6.45) is 3.49. The molecule has 0 aliphatic heterocycles. The van der Waals surface area contributed by atoms with E-state index in [1.807, 2.05) is 68.4 Å². The predicted molar refractivity (Wildman–Crippen MR) is 82.0 cm³/mol. The molecule has 0 aromatic heterocycles. The van der Waals surface area contributed by atoms with Gasteiger partial charge in [-0.05, 0) is 32.1 Å². The van der Waals surface area contributed by atoms with Gasteiger partial charge in [0.1, 0.15) is 5.75 Å². The Morgan fingerprint density at radius 1 is 1.00 bits per heavy atom. The number of hydrogen-bond acceptors (Lipinski definition) is 2. The number of ether oxygens (including phenoxy) is 1. The first-order valence-electron chi connectivity index (χ1n) is 6.70.